The minimum atomic E-state index is -0.215. The van der Waals surface area contributed by atoms with E-state index in [2.05, 4.69) is 10.3 Å². The largest absolute Gasteiger partial charge is 0.376 e. The Morgan fingerprint density at radius 2 is 2.17 bits per heavy atom. The van der Waals surface area contributed by atoms with Crippen LogP contribution < -0.4 is 10.9 Å². The molecule has 0 aliphatic carbocycles. The van der Waals surface area contributed by atoms with Crippen molar-refractivity contribution < 1.29 is 9.53 Å². The van der Waals surface area contributed by atoms with E-state index >= 15 is 0 Å². The topological polar surface area (TPSA) is 72.7 Å². The van der Waals surface area contributed by atoms with Crippen LogP contribution in [-0.2, 0) is 4.74 Å². The normalized spacial score (nSPS) is 17.4. The number of benzene rings is 1. The zero-order valence-corrected chi connectivity index (χ0v) is 13.1. The van der Waals surface area contributed by atoms with Crippen LogP contribution >= 0.6 is 0 Å². The molecule has 0 spiro atoms. The van der Waals surface area contributed by atoms with Crippen LogP contribution in [0.15, 0.2) is 47.4 Å². The lowest BCUT2D eigenvalue weighted by Gasteiger charge is -2.11. The van der Waals surface area contributed by atoms with Crippen molar-refractivity contribution in [3.8, 4) is 0 Å². The minimum absolute atomic E-state index is 0.0859. The van der Waals surface area contributed by atoms with Crippen molar-refractivity contribution in [1.82, 2.24) is 14.7 Å². The lowest BCUT2D eigenvalue weighted by molar-refractivity contribution is 0.0857. The highest BCUT2D eigenvalue weighted by atomic mass is 16.5. The number of hydrogen-bond acceptors (Lipinski definition) is 4. The molecule has 0 radical (unpaired) electrons. The maximum atomic E-state index is 12.6. The first-order valence-corrected chi connectivity index (χ1v) is 8.03. The van der Waals surface area contributed by atoms with E-state index in [9.17, 15) is 9.59 Å². The molecule has 4 rings (SSSR count). The summed E-state index contributed by atoms with van der Waals surface area (Å²) in [6.45, 7) is 1.24. The van der Waals surface area contributed by atoms with E-state index in [1.165, 1.54) is 4.40 Å². The summed E-state index contributed by atoms with van der Waals surface area (Å²) in [5.74, 6) is -0.215. The quantitative estimate of drug-likeness (QED) is 0.746. The van der Waals surface area contributed by atoms with Crippen molar-refractivity contribution in [3.63, 3.8) is 0 Å². The van der Waals surface area contributed by atoms with E-state index in [0.717, 1.165) is 19.4 Å². The van der Waals surface area contributed by atoms with Gasteiger partial charge in [-0.15, -0.1) is 0 Å². The number of fused-ring (bicyclic) bond motifs is 2. The van der Waals surface area contributed by atoms with Crippen LogP contribution in [-0.4, -0.2) is 34.5 Å². The van der Waals surface area contributed by atoms with Crippen molar-refractivity contribution in [3.05, 3.63) is 58.5 Å². The molecule has 1 fully saturated rings. The fourth-order valence-electron chi connectivity index (χ4n) is 3.00. The summed E-state index contributed by atoms with van der Waals surface area (Å²) < 4.78 is 6.92. The van der Waals surface area contributed by atoms with E-state index in [0.29, 0.717) is 28.7 Å². The van der Waals surface area contributed by atoms with Crippen LogP contribution in [0.5, 0.6) is 0 Å². The number of hydrogen-bond donors (Lipinski definition) is 1. The maximum absolute atomic E-state index is 12.6. The molecule has 1 atom stereocenters. The molecule has 1 aliphatic heterocycles. The van der Waals surface area contributed by atoms with Gasteiger partial charge in [-0.3, -0.25) is 14.0 Å². The third-order valence-electron chi connectivity index (χ3n) is 4.29. The highest BCUT2D eigenvalue weighted by Crippen LogP contribution is 2.12. The molecule has 1 saturated heterocycles. The molecule has 6 nitrogen and oxygen atoms in total. The minimum Gasteiger partial charge on any atom is -0.376 e. The molecule has 6 heteroatoms. The Hall–Kier alpha value is -2.73. The number of carbonyl (C=O) groups excluding carboxylic acids is 1. The standard InChI is InChI=1S/C18H17N3O3/c22-17(19-10-13-4-3-9-24-13)12-7-8-16-20-15-6-2-1-5-14(15)18(23)21(16)11-12/h1-2,5-8,11,13H,3-4,9-10H2,(H,19,22). The van der Waals surface area contributed by atoms with Crippen molar-refractivity contribution in [1.29, 1.82) is 0 Å². The Morgan fingerprint density at radius 1 is 1.29 bits per heavy atom. The first-order chi connectivity index (χ1) is 11.7. The molecule has 3 aromatic rings. The van der Waals surface area contributed by atoms with Crippen LogP contribution in [0.1, 0.15) is 23.2 Å². The number of ether oxygens (including phenoxy) is 1. The molecule has 2 aromatic heterocycles. The first-order valence-electron chi connectivity index (χ1n) is 8.03. The average Bonchev–Trinajstić information content (AvgIpc) is 3.13. The number of amides is 1. The van der Waals surface area contributed by atoms with Gasteiger partial charge in [0.2, 0.25) is 0 Å². The van der Waals surface area contributed by atoms with Gasteiger partial charge in [0.1, 0.15) is 5.65 Å². The molecular formula is C18H17N3O3. The summed E-state index contributed by atoms with van der Waals surface area (Å²) in [4.78, 5) is 29.4. The zero-order valence-electron chi connectivity index (χ0n) is 13.1. The Balaban J connectivity index is 1.67. The summed E-state index contributed by atoms with van der Waals surface area (Å²) in [7, 11) is 0. The van der Waals surface area contributed by atoms with Crippen LogP contribution in [0.4, 0.5) is 0 Å². The highest BCUT2D eigenvalue weighted by molar-refractivity contribution is 5.94. The number of pyridine rings is 1. The molecular weight excluding hydrogens is 306 g/mol. The van der Waals surface area contributed by atoms with Gasteiger partial charge in [-0.05, 0) is 37.1 Å². The number of para-hydroxylation sites is 1. The molecule has 1 amide bonds. The maximum Gasteiger partial charge on any atom is 0.265 e. The van der Waals surface area contributed by atoms with Gasteiger partial charge in [0, 0.05) is 19.3 Å². The summed E-state index contributed by atoms with van der Waals surface area (Å²) >= 11 is 0. The van der Waals surface area contributed by atoms with Gasteiger partial charge in [0.05, 0.1) is 22.6 Å². The number of aromatic nitrogens is 2. The van der Waals surface area contributed by atoms with Crippen molar-refractivity contribution in [2.45, 2.75) is 18.9 Å². The van der Waals surface area contributed by atoms with E-state index in [-0.39, 0.29) is 17.6 Å². The van der Waals surface area contributed by atoms with Gasteiger partial charge < -0.3 is 10.1 Å². The second-order valence-electron chi connectivity index (χ2n) is 5.93. The third-order valence-corrected chi connectivity index (χ3v) is 4.29. The van der Waals surface area contributed by atoms with Gasteiger partial charge in [-0.2, -0.15) is 0 Å². The monoisotopic (exact) mass is 323 g/mol. The molecule has 0 saturated carbocycles. The van der Waals surface area contributed by atoms with Crippen LogP contribution in [0.3, 0.4) is 0 Å². The lowest BCUT2D eigenvalue weighted by Crippen LogP contribution is -2.32. The Labute approximate surface area is 138 Å². The van der Waals surface area contributed by atoms with E-state index in [4.69, 9.17) is 4.74 Å². The number of carbonyl (C=O) groups is 1. The predicted molar refractivity (Wildman–Crippen MR) is 90.3 cm³/mol. The lowest BCUT2D eigenvalue weighted by atomic mass is 10.2. The summed E-state index contributed by atoms with van der Waals surface area (Å²) in [6.07, 6.45) is 3.63. The second kappa shape index (κ2) is 6.05. The molecule has 0 bridgehead atoms. The van der Waals surface area contributed by atoms with Crippen LogP contribution in [0.2, 0.25) is 0 Å². The fourth-order valence-corrected chi connectivity index (χ4v) is 3.00. The third kappa shape index (κ3) is 2.65. The first kappa shape index (κ1) is 14.8. The highest BCUT2D eigenvalue weighted by Gasteiger charge is 2.17. The van der Waals surface area contributed by atoms with Crippen molar-refractivity contribution >= 4 is 22.5 Å². The van der Waals surface area contributed by atoms with Gasteiger partial charge in [0.25, 0.3) is 11.5 Å². The van der Waals surface area contributed by atoms with Crippen LogP contribution in [0, 0.1) is 0 Å². The fraction of sp³-hybridized carbons (Fsp3) is 0.278. The zero-order chi connectivity index (χ0) is 16.5. The number of nitrogens with zero attached hydrogens (tertiary/aromatic N) is 2. The molecule has 24 heavy (non-hydrogen) atoms. The average molecular weight is 323 g/mol. The second-order valence-corrected chi connectivity index (χ2v) is 5.93. The summed E-state index contributed by atoms with van der Waals surface area (Å²) in [6, 6.07) is 10.6. The number of rotatable bonds is 3. The summed E-state index contributed by atoms with van der Waals surface area (Å²) in [5.41, 5.74) is 1.43. The van der Waals surface area contributed by atoms with Gasteiger partial charge in [-0.1, -0.05) is 12.1 Å². The molecule has 1 unspecified atom stereocenters. The van der Waals surface area contributed by atoms with E-state index in [1.54, 1.807) is 36.5 Å². The smallest absolute Gasteiger partial charge is 0.265 e. The van der Waals surface area contributed by atoms with Crippen LogP contribution in [0.25, 0.3) is 16.6 Å². The van der Waals surface area contributed by atoms with E-state index < -0.39 is 0 Å². The van der Waals surface area contributed by atoms with Crippen molar-refractivity contribution in [2.75, 3.05) is 13.2 Å². The molecule has 1 aromatic carbocycles. The number of nitrogens with one attached hydrogen (secondary N) is 1. The Kier molecular flexibility index (Phi) is 3.74. The Bertz CT molecular complexity index is 974. The van der Waals surface area contributed by atoms with Gasteiger partial charge in [0.15, 0.2) is 0 Å². The molecule has 1 aliphatic rings. The molecule has 122 valence electrons. The SMILES string of the molecule is O=C(NCC1CCCO1)c1ccc2nc3ccccc3c(=O)n2c1. The predicted octanol–water partition coefficient (Wildman–Crippen LogP) is 1.76. The molecule has 3 heterocycles. The van der Waals surface area contributed by atoms with Crippen molar-refractivity contribution in [2.24, 2.45) is 0 Å². The van der Waals surface area contributed by atoms with E-state index in [1.807, 2.05) is 6.07 Å². The summed E-state index contributed by atoms with van der Waals surface area (Å²) in [5, 5.41) is 3.40. The Morgan fingerprint density at radius 3 is 3.00 bits per heavy atom. The van der Waals surface area contributed by atoms with Gasteiger partial charge in [-0.25, -0.2) is 4.98 Å². The van der Waals surface area contributed by atoms with Gasteiger partial charge >= 0.3 is 0 Å². The molecule has 1 N–H and O–H groups in total.